The van der Waals surface area contributed by atoms with Gasteiger partial charge in [-0.15, -0.1) is 10.2 Å². The number of hydrogen-bond acceptors (Lipinski definition) is 4. The van der Waals surface area contributed by atoms with Gasteiger partial charge in [0.15, 0.2) is 0 Å². The molecule has 5 heteroatoms. The molecule has 1 aromatic carbocycles. The molecule has 1 atom stereocenters. The second-order valence-electron chi connectivity index (χ2n) is 4.09. The average molecular weight is 282 g/mol. The van der Waals surface area contributed by atoms with E-state index in [9.17, 15) is 0 Å². The van der Waals surface area contributed by atoms with E-state index in [1.54, 1.807) is 11.3 Å². The Balaban J connectivity index is 2.08. The van der Waals surface area contributed by atoms with Gasteiger partial charge in [0, 0.05) is 11.4 Å². The monoisotopic (exact) mass is 281 g/mol. The number of hydrogen-bond donors (Lipinski definition) is 1. The number of benzene rings is 1. The van der Waals surface area contributed by atoms with Crippen LogP contribution in [0.1, 0.15) is 35.0 Å². The Morgan fingerprint density at radius 3 is 2.61 bits per heavy atom. The van der Waals surface area contributed by atoms with Crippen LogP contribution in [-0.4, -0.2) is 17.2 Å². The zero-order chi connectivity index (χ0) is 13.0. The molecule has 0 bridgehead atoms. The van der Waals surface area contributed by atoms with E-state index in [1.807, 2.05) is 31.3 Å². The first-order valence-electron chi connectivity index (χ1n) is 5.97. The van der Waals surface area contributed by atoms with Gasteiger partial charge >= 0.3 is 0 Å². The summed E-state index contributed by atoms with van der Waals surface area (Å²) in [4.78, 5) is 0. The molecule has 0 amide bonds. The van der Waals surface area contributed by atoms with Crippen LogP contribution in [0.5, 0.6) is 0 Å². The van der Waals surface area contributed by atoms with Crippen LogP contribution in [0.3, 0.4) is 0 Å². The van der Waals surface area contributed by atoms with E-state index in [0.29, 0.717) is 6.04 Å². The van der Waals surface area contributed by atoms with Crippen molar-refractivity contribution in [1.29, 1.82) is 0 Å². The Labute approximate surface area is 116 Å². The molecule has 1 aromatic heterocycles. The Bertz CT molecular complexity index is 491. The van der Waals surface area contributed by atoms with E-state index in [4.69, 9.17) is 11.6 Å². The van der Waals surface area contributed by atoms with Crippen molar-refractivity contribution in [3.8, 4) is 0 Å². The summed E-state index contributed by atoms with van der Waals surface area (Å²) in [5, 5.41) is 14.6. The molecule has 2 aromatic rings. The first-order valence-corrected chi connectivity index (χ1v) is 7.16. The van der Waals surface area contributed by atoms with Crippen LogP contribution in [0.2, 0.25) is 5.02 Å². The molecule has 0 spiro atoms. The van der Waals surface area contributed by atoms with Crippen LogP contribution in [0.25, 0.3) is 0 Å². The summed E-state index contributed by atoms with van der Waals surface area (Å²) < 4.78 is 0. The molecule has 0 saturated heterocycles. The maximum absolute atomic E-state index is 5.86. The predicted molar refractivity (Wildman–Crippen MR) is 76.3 cm³/mol. The van der Waals surface area contributed by atoms with Gasteiger partial charge in [0.1, 0.15) is 10.0 Å². The first-order chi connectivity index (χ1) is 8.72. The van der Waals surface area contributed by atoms with Crippen LogP contribution >= 0.6 is 22.9 Å². The highest BCUT2D eigenvalue weighted by atomic mass is 35.5. The molecule has 3 nitrogen and oxygen atoms in total. The molecule has 1 heterocycles. The molecule has 0 aliphatic rings. The molecule has 1 unspecified atom stereocenters. The minimum Gasteiger partial charge on any atom is -0.311 e. The van der Waals surface area contributed by atoms with Crippen LogP contribution < -0.4 is 5.32 Å². The zero-order valence-corrected chi connectivity index (χ0v) is 12.1. The van der Waals surface area contributed by atoms with Crippen molar-refractivity contribution in [2.24, 2.45) is 0 Å². The molecule has 18 heavy (non-hydrogen) atoms. The van der Waals surface area contributed by atoms with Crippen LogP contribution in [0.15, 0.2) is 24.3 Å². The summed E-state index contributed by atoms with van der Waals surface area (Å²) >= 11 is 7.54. The fourth-order valence-corrected chi connectivity index (χ4v) is 2.95. The number of halogens is 1. The normalized spacial score (nSPS) is 12.6. The third-order valence-electron chi connectivity index (χ3n) is 2.81. The Hall–Kier alpha value is -0.970. The van der Waals surface area contributed by atoms with Gasteiger partial charge in [-0.3, -0.25) is 0 Å². The van der Waals surface area contributed by atoms with E-state index < -0.39 is 0 Å². The lowest BCUT2D eigenvalue weighted by molar-refractivity contribution is 0.568. The second kappa shape index (κ2) is 6.27. The number of aromatic nitrogens is 2. The van der Waals surface area contributed by atoms with E-state index in [2.05, 4.69) is 22.4 Å². The number of rotatable bonds is 5. The third kappa shape index (κ3) is 3.28. The topological polar surface area (TPSA) is 37.8 Å². The van der Waals surface area contributed by atoms with Crippen molar-refractivity contribution >= 4 is 22.9 Å². The summed E-state index contributed by atoms with van der Waals surface area (Å²) in [5.41, 5.74) is 1.21. The quantitative estimate of drug-likeness (QED) is 0.912. The largest absolute Gasteiger partial charge is 0.311 e. The van der Waals surface area contributed by atoms with Crippen molar-refractivity contribution in [3.63, 3.8) is 0 Å². The van der Waals surface area contributed by atoms with E-state index in [-0.39, 0.29) is 0 Å². The Kier molecular flexibility index (Phi) is 4.69. The molecule has 1 N–H and O–H groups in total. The van der Waals surface area contributed by atoms with Crippen molar-refractivity contribution in [1.82, 2.24) is 15.5 Å². The highest BCUT2D eigenvalue weighted by molar-refractivity contribution is 7.11. The van der Waals surface area contributed by atoms with Gasteiger partial charge in [0.05, 0.1) is 6.04 Å². The maximum Gasteiger partial charge on any atom is 0.134 e. The predicted octanol–water partition coefficient (Wildman–Crippen LogP) is 3.45. The Morgan fingerprint density at radius 1 is 1.28 bits per heavy atom. The van der Waals surface area contributed by atoms with E-state index in [1.165, 1.54) is 5.56 Å². The second-order valence-corrected chi connectivity index (χ2v) is 5.62. The third-order valence-corrected chi connectivity index (χ3v) is 4.09. The summed E-state index contributed by atoms with van der Waals surface area (Å²) in [6.07, 6.45) is 1.83. The standard InChI is InChI=1S/C13H16ClN3S/c1-3-11(15-2)13-17-16-12(18-13)8-9-4-6-10(14)7-5-9/h4-7,11,15H,3,8H2,1-2H3. The van der Waals surface area contributed by atoms with Crippen molar-refractivity contribution in [2.75, 3.05) is 7.05 Å². The first kappa shape index (κ1) is 13.5. The summed E-state index contributed by atoms with van der Waals surface area (Å²) in [6, 6.07) is 8.17. The lowest BCUT2D eigenvalue weighted by atomic mass is 10.2. The van der Waals surface area contributed by atoms with Crippen LogP contribution in [-0.2, 0) is 6.42 Å². The van der Waals surface area contributed by atoms with Gasteiger partial charge in [-0.25, -0.2) is 0 Å². The smallest absolute Gasteiger partial charge is 0.134 e. The minimum atomic E-state index is 0.307. The zero-order valence-electron chi connectivity index (χ0n) is 10.5. The van der Waals surface area contributed by atoms with E-state index in [0.717, 1.165) is 27.9 Å². The van der Waals surface area contributed by atoms with Gasteiger partial charge < -0.3 is 5.32 Å². The minimum absolute atomic E-state index is 0.307. The molecule has 2 rings (SSSR count). The molecule has 0 radical (unpaired) electrons. The van der Waals surface area contributed by atoms with Crippen LogP contribution in [0, 0.1) is 0 Å². The molecule has 0 aliphatic heterocycles. The van der Waals surface area contributed by atoms with E-state index >= 15 is 0 Å². The van der Waals surface area contributed by atoms with Crippen molar-refractivity contribution in [2.45, 2.75) is 25.8 Å². The van der Waals surface area contributed by atoms with Gasteiger partial charge in [-0.05, 0) is 31.2 Å². The highest BCUT2D eigenvalue weighted by Crippen LogP contribution is 2.22. The van der Waals surface area contributed by atoms with Crippen molar-refractivity contribution in [3.05, 3.63) is 44.9 Å². The highest BCUT2D eigenvalue weighted by Gasteiger charge is 2.12. The van der Waals surface area contributed by atoms with Gasteiger partial charge in [0.2, 0.25) is 0 Å². The van der Waals surface area contributed by atoms with Crippen molar-refractivity contribution < 1.29 is 0 Å². The Morgan fingerprint density at radius 2 is 2.00 bits per heavy atom. The molecule has 0 saturated carbocycles. The fourth-order valence-electron chi connectivity index (χ4n) is 1.76. The lowest BCUT2D eigenvalue weighted by Crippen LogP contribution is -2.14. The average Bonchev–Trinajstić information content (AvgIpc) is 2.82. The maximum atomic E-state index is 5.86. The lowest BCUT2D eigenvalue weighted by Gasteiger charge is -2.07. The molecular formula is C13H16ClN3S. The number of nitrogens with one attached hydrogen (secondary N) is 1. The summed E-state index contributed by atoms with van der Waals surface area (Å²) in [5.74, 6) is 0. The molecule has 0 aliphatic carbocycles. The number of nitrogens with zero attached hydrogens (tertiary/aromatic N) is 2. The molecular weight excluding hydrogens is 266 g/mol. The van der Waals surface area contributed by atoms with Gasteiger partial charge in [-0.1, -0.05) is 42.0 Å². The molecule has 96 valence electrons. The van der Waals surface area contributed by atoms with Crippen LogP contribution in [0.4, 0.5) is 0 Å². The summed E-state index contributed by atoms with van der Waals surface area (Å²) in [6.45, 7) is 2.14. The SMILES string of the molecule is CCC(NC)c1nnc(Cc2ccc(Cl)cc2)s1. The molecule has 0 fully saturated rings. The fraction of sp³-hybridized carbons (Fsp3) is 0.385. The van der Waals surface area contributed by atoms with Gasteiger partial charge in [-0.2, -0.15) is 0 Å². The summed E-state index contributed by atoms with van der Waals surface area (Å²) in [7, 11) is 1.95. The van der Waals surface area contributed by atoms with Gasteiger partial charge in [0.25, 0.3) is 0 Å².